The molecule has 1 fully saturated rings. The van der Waals surface area contributed by atoms with Gasteiger partial charge in [0.05, 0.1) is 0 Å². The zero-order valence-electron chi connectivity index (χ0n) is 10.4. The van der Waals surface area contributed by atoms with Gasteiger partial charge in [0.25, 0.3) is 0 Å². The second kappa shape index (κ2) is 5.35. The monoisotopic (exact) mass is 213 g/mol. The van der Waals surface area contributed by atoms with Crippen LogP contribution in [0, 0.1) is 0 Å². The number of hydrogen-bond donors (Lipinski definition) is 0. The first kappa shape index (κ1) is 12.3. The fourth-order valence-corrected chi connectivity index (χ4v) is 2.25. The van der Waals surface area contributed by atoms with Crippen molar-refractivity contribution in [3.05, 3.63) is 0 Å². The molecule has 0 aromatic rings. The van der Waals surface area contributed by atoms with E-state index in [1.165, 1.54) is 19.4 Å². The standard InChI is InChI=1S/C11H23N3O/c1-5-14-8-6-7-10(14)9-13(4)11(15)12(2)3/h10H,5-9H2,1-4H3. The number of nitrogens with zero attached hydrogens (tertiary/aromatic N) is 3. The Labute approximate surface area is 92.8 Å². The van der Waals surface area contributed by atoms with E-state index in [-0.39, 0.29) is 6.03 Å². The minimum atomic E-state index is 0.0953. The number of carbonyl (C=O) groups is 1. The number of likely N-dealkylation sites (N-methyl/N-ethyl adjacent to an activating group) is 2. The molecule has 1 aliphatic heterocycles. The Morgan fingerprint density at radius 1 is 1.40 bits per heavy atom. The number of carbonyl (C=O) groups excluding carboxylic acids is 1. The van der Waals surface area contributed by atoms with Gasteiger partial charge in [0.2, 0.25) is 0 Å². The molecule has 4 heteroatoms. The number of urea groups is 1. The summed E-state index contributed by atoms with van der Waals surface area (Å²) in [7, 11) is 5.48. The van der Waals surface area contributed by atoms with Gasteiger partial charge < -0.3 is 9.80 Å². The molecule has 2 amide bonds. The number of rotatable bonds is 3. The Hall–Kier alpha value is -0.770. The third-order valence-electron chi connectivity index (χ3n) is 3.10. The maximum absolute atomic E-state index is 11.7. The fourth-order valence-electron chi connectivity index (χ4n) is 2.25. The van der Waals surface area contributed by atoms with Crippen LogP contribution in [0.5, 0.6) is 0 Å². The number of amides is 2. The molecule has 1 rings (SSSR count). The molecule has 88 valence electrons. The molecule has 15 heavy (non-hydrogen) atoms. The SMILES string of the molecule is CCN1CCCC1CN(C)C(=O)N(C)C. The predicted molar refractivity (Wildman–Crippen MR) is 62.0 cm³/mol. The minimum Gasteiger partial charge on any atom is -0.331 e. The zero-order valence-corrected chi connectivity index (χ0v) is 10.4. The highest BCUT2D eigenvalue weighted by Gasteiger charge is 2.25. The number of hydrogen-bond acceptors (Lipinski definition) is 2. The van der Waals surface area contributed by atoms with Gasteiger partial charge in [-0.05, 0) is 25.9 Å². The highest BCUT2D eigenvalue weighted by Crippen LogP contribution is 2.17. The Kier molecular flexibility index (Phi) is 4.39. The van der Waals surface area contributed by atoms with Crippen LogP contribution in [0.1, 0.15) is 19.8 Å². The van der Waals surface area contributed by atoms with Crippen LogP contribution in [-0.2, 0) is 0 Å². The molecule has 0 aromatic carbocycles. The highest BCUT2D eigenvalue weighted by atomic mass is 16.2. The van der Waals surface area contributed by atoms with Crippen LogP contribution in [0.2, 0.25) is 0 Å². The minimum absolute atomic E-state index is 0.0953. The lowest BCUT2D eigenvalue weighted by molar-refractivity contribution is 0.161. The molecule has 0 saturated carbocycles. The van der Waals surface area contributed by atoms with Crippen LogP contribution in [-0.4, -0.2) is 67.5 Å². The van der Waals surface area contributed by atoms with Crippen molar-refractivity contribution in [2.24, 2.45) is 0 Å². The van der Waals surface area contributed by atoms with Gasteiger partial charge in [-0.15, -0.1) is 0 Å². The summed E-state index contributed by atoms with van der Waals surface area (Å²) in [5.74, 6) is 0. The summed E-state index contributed by atoms with van der Waals surface area (Å²) in [5, 5.41) is 0. The Bertz CT molecular complexity index is 218. The number of likely N-dealkylation sites (tertiary alicyclic amines) is 1. The molecule has 4 nitrogen and oxygen atoms in total. The molecule has 0 aliphatic carbocycles. The first-order chi connectivity index (χ1) is 7.06. The Morgan fingerprint density at radius 2 is 2.07 bits per heavy atom. The van der Waals surface area contributed by atoms with E-state index in [9.17, 15) is 4.79 Å². The van der Waals surface area contributed by atoms with Crippen LogP contribution in [0.15, 0.2) is 0 Å². The van der Waals surface area contributed by atoms with Gasteiger partial charge in [0, 0.05) is 33.7 Å². The van der Waals surface area contributed by atoms with Crippen molar-refractivity contribution in [2.75, 3.05) is 40.8 Å². The average molecular weight is 213 g/mol. The van der Waals surface area contributed by atoms with E-state index in [0.717, 1.165) is 13.1 Å². The summed E-state index contributed by atoms with van der Waals surface area (Å²) in [6.45, 7) is 5.32. The first-order valence-electron chi connectivity index (χ1n) is 5.72. The molecule has 1 aliphatic rings. The van der Waals surface area contributed by atoms with Gasteiger partial charge >= 0.3 is 6.03 Å². The third-order valence-corrected chi connectivity index (χ3v) is 3.10. The Morgan fingerprint density at radius 3 is 2.60 bits per heavy atom. The lowest BCUT2D eigenvalue weighted by Gasteiger charge is -2.29. The van der Waals surface area contributed by atoms with Crippen LogP contribution < -0.4 is 0 Å². The summed E-state index contributed by atoms with van der Waals surface area (Å²) in [6, 6.07) is 0.654. The zero-order chi connectivity index (χ0) is 11.4. The van der Waals surface area contributed by atoms with Crippen molar-refractivity contribution in [2.45, 2.75) is 25.8 Å². The summed E-state index contributed by atoms with van der Waals surface area (Å²) < 4.78 is 0. The van der Waals surface area contributed by atoms with Crippen LogP contribution in [0.25, 0.3) is 0 Å². The molecule has 1 heterocycles. The van der Waals surface area contributed by atoms with Gasteiger partial charge in [0.15, 0.2) is 0 Å². The molecule has 0 aromatic heterocycles. The van der Waals surface area contributed by atoms with E-state index in [0.29, 0.717) is 6.04 Å². The first-order valence-corrected chi connectivity index (χ1v) is 5.72. The van der Waals surface area contributed by atoms with E-state index >= 15 is 0 Å². The van der Waals surface area contributed by atoms with Crippen LogP contribution in [0.4, 0.5) is 4.79 Å². The molecule has 1 saturated heterocycles. The maximum Gasteiger partial charge on any atom is 0.319 e. The quantitative estimate of drug-likeness (QED) is 0.701. The fraction of sp³-hybridized carbons (Fsp3) is 0.909. The van der Waals surface area contributed by atoms with E-state index in [2.05, 4.69) is 11.8 Å². The summed E-state index contributed by atoms with van der Waals surface area (Å²) in [6.07, 6.45) is 2.49. The van der Waals surface area contributed by atoms with Gasteiger partial charge in [-0.2, -0.15) is 0 Å². The van der Waals surface area contributed by atoms with E-state index < -0.39 is 0 Å². The molecule has 0 N–H and O–H groups in total. The predicted octanol–water partition coefficient (Wildman–Crippen LogP) is 1.08. The summed E-state index contributed by atoms with van der Waals surface area (Å²) in [4.78, 5) is 17.6. The van der Waals surface area contributed by atoms with Crippen LogP contribution >= 0.6 is 0 Å². The van der Waals surface area contributed by atoms with Crippen molar-refractivity contribution in [3.8, 4) is 0 Å². The van der Waals surface area contributed by atoms with Crippen molar-refractivity contribution >= 4 is 6.03 Å². The molecular formula is C11H23N3O. The lowest BCUT2D eigenvalue weighted by Crippen LogP contribution is -2.44. The normalized spacial score (nSPS) is 21.7. The third kappa shape index (κ3) is 3.09. The molecule has 0 spiro atoms. The average Bonchev–Trinajstić information content (AvgIpc) is 2.63. The molecule has 1 unspecified atom stereocenters. The van der Waals surface area contributed by atoms with Gasteiger partial charge in [-0.3, -0.25) is 4.90 Å². The molecule has 0 bridgehead atoms. The summed E-state index contributed by atoms with van der Waals surface area (Å²) in [5.41, 5.74) is 0. The van der Waals surface area contributed by atoms with Crippen molar-refractivity contribution in [1.29, 1.82) is 0 Å². The van der Waals surface area contributed by atoms with E-state index in [4.69, 9.17) is 0 Å². The van der Waals surface area contributed by atoms with Gasteiger partial charge in [-0.25, -0.2) is 4.79 Å². The largest absolute Gasteiger partial charge is 0.331 e. The van der Waals surface area contributed by atoms with E-state index in [1.54, 1.807) is 19.0 Å². The van der Waals surface area contributed by atoms with Crippen LogP contribution in [0.3, 0.4) is 0 Å². The Balaban J connectivity index is 2.43. The maximum atomic E-state index is 11.7. The molecule has 1 atom stereocenters. The molecular weight excluding hydrogens is 190 g/mol. The lowest BCUT2D eigenvalue weighted by atomic mass is 10.2. The van der Waals surface area contributed by atoms with Gasteiger partial charge in [-0.1, -0.05) is 6.92 Å². The summed E-state index contributed by atoms with van der Waals surface area (Å²) >= 11 is 0. The van der Waals surface area contributed by atoms with Gasteiger partial charge in [0.1, 0.15) is 0 Å². The highest BCUT2D eigenvalue weighted by molar-refractivity contribution is 5.73. The van der Waals surface area contributed by atoms with Crippen molar-refractivity contribution < 1.29 is 4.79 Å². The smallest absolute Gasteiger partial charge is 0.319 e. The topological polar surface area (TPSA) is 26.8 Å². The second-order valence-corrected chi connectivity index (χ2v) is 4.48. The molecule has 0 radical (unpaired) electrons. The second-order valence-electron chi connectivity index (χ2n) is 4.48. The van der Waals surface area contributed by atoms with Crippen molar-refractivity contribution in [3.63, 3.8) is 0 Å². The van der Waals surface area contributed by atoms with E-state index in [1.807, 2.05) is 11.9 Å². The van der Waals surface area contributed by atoms with Crippen molar-refractivity contribution in [1.82, 2.24) is 14.7 Å².